The van der Waals surface area contributed by atoms with Gasteiger partial charge in [0.2, 0.25) is 5.91 Å². The number of para-hydroxylation sites is 1. The van der Waals surface area contributed by atoms with Gasteiger partial charge in [-0.3, -0.25) is 9.69 Å². The zero-order valence-electron chi connectivity index (χ0n) is 14.2. The van der Waals surface area contributed by atoms with Crippen molar-refractivity contribution >= 4 is 28.1 Å². The molecule has 24 heavy (non-hydrogen) atoms. The Labute approximate surface area is 147 Å². The summed E-state index contributed by atoms with van der Waals surface area (Å²) in [5.74, 6) is -0.0740. The molecule has 1 aliphatic rings. The third-order valence-corrected chi connectivity index (χ3v) is 5.19. The molecule has 0 radical (unpaired) electrons. The highest BCUT2D eigenvalue weighted by Crippen LogP contribution is 2.23. The molecule has 128 valence electrons. The summed E-state index contributed by atoms with van der Waals surface area (Å²) in [5, 5.41) is 5.46. The lowest BCUT2D eigenvalue weighted by atomic mass is 10.0. The number of carbonyl (C=O) groups excluding carboxylic acids is 1. The highest BCUT2D eigenvalue weighted by molar-refractivity contribution is 7.13. The van der Waals surface area contributed by atoms with Gasteiger partial charge in [0.15, 0.2) is 5.13 Å². The summed E-state index contributed by atoms with van der Waals surface area (Å²) in [6.07, 6.45) is 2.42. The van der Waals surface area contributed by atoms with Crippen molar-refractivity contribution in [3.8, 4) is 0 Å². The van der Waals surface area contributed by atoms with Crippen molar-refractivity contribution < 1.29 is 4.79 Å². The fraction of sp³-hybridized carbons (Fsp3) is 0.444. The van der Waals surface area contributed by atoms with E-state index >= 15 is 0 Å². The van der Waals surface area contributed by atoms with E-state index in [4.69, 9.17) is 0 Å². The van der Waals surface area contributed by atoms with Crippen molar-refractivity contribution in [2.45, 2.75) is 32.4 Å². The van der Waals surface area contributed by atoms with Crippen LogP contribution in [-0.2, 0) is 11.3 Å². The summed E-state index contributed by atoms with van der Waals surface area (Å²) in [6, 6.07) is 11.1. The first-order valence-corrected chi connectivity index (χ1v) is 9.22. The van der Waals surface area contributed by atoms with E-state index in [0.717, 1.165) is 25.3 Å². The monoisotopic (exact) mass is 344 g/mol. The molecule has 1 atom stereocenters. The Bertz CT molecular complexity index is 673. The van der Waals surface area contributed by atoms with Crippen LogP contribution in [0.2, 0.25) is 0 Å². The van der Waals surface area contributed by atoms with Gasteiger partial charge < -0.3 is 10.2 Å². The predicted molar refractivity (Wildman–Crippen MR) is 99.6 cm³/mol. The molecule has 1 fully saturated rings. The lowest BCUT2D eigenvalue weighted by molar-refractivity contribution is -0.114. The molecule has 5 nitrogen and oxygen atoms in total. The van der Waals surface area contributed by atoms with Crippen molar-refractivity contribution in [1.29, 1.82) is 0 Å². The molecule has 0 unspecified atom stereocenters. The molecular formula is C18H24N4OS. The van der Waals surface area contributed by atoms with Crippen molar-refractivity contribution in [3.63, 3.8) is 0 Å². The normalized spacial score (nSPS) is 18.0. The van der Waals surface area contributed by atoms with Gasteiger partial charge in [-0.2, -0.15) is 0 Å². The van der Waals surface area contributed by atoms with E-state index in [-0.39, 0.29) is 5.91 Å². The van der Waals surface area contributed by atoms with Crippen LogP contribution in [0.4, 0.5) is 10.8 Å². The number of hydrogen-bond donors (Lipinski definition) is 1. The highest BCUT2D eigenvalue weighted by atomic mass is 32.1. The number of hydrogen-bond acceptors (Lipinski definition) is 5. The molecule has 6 heteroatoms. The quantitative estimate of drug-likeness (QED) is 0.905. The summed E-state index contributed by atoms with van der Waals surface area (Å²) in [6.45, 7) is 4.48. The standard InChI is InChI=1S/C18H24N4OS/c1-14(23)19-18-20-15(13-24-18)11-21(2)17-9-6-10-22(12-17)16-7-4-3-5-8-16/h3-5,7-8,13,17H,6,9-12H2,1-2H3,(H,19,20,23)/t17-/m1/s1. The van der Waals surface area contributed by atoms with Crippen LogP contribution < -0.4 is 10.2 Å². The third kappa shape index (κ3) is 4.33. The lowest BCUT2D eigenvalue weighted by Crippen LogP contribution is -2.46. The minimum Gasteiger partial charge on any atom is -0.370 e. The van der Waals surface area contributed by atoms with E-state index in [2.05, 4.69) is 57.5 Å². The molecular weight excluding hydrogens is 320 g/mol. The molecule has 0 spiro atoms. The minimum atomic E-state index is -0.0740. The van der Waals surface area contributed by atoms with E-state index in [1.165, 1.54) is 36.8 Å². The van der Waals surface area contributed by atoms with Gasteiger partial charge in [-0.05, 0) is 32.0 Å². The van der Waals surface area contributed by atoms with Gasteiger partial charge in [0.05, 0.1) is 5.69 Å². The molecule has 1 amide bonds. The van der Waals surface area contributed by atoms with Gasteiger partial charge in [-0.1, -0.05) is 18.2 Å². The first-order valence-electron chi connectivity index (χ1n) is 8.34. The zero-order chi connectivity index (χ0) is 16.9. The second kappa shape index (κ2) is 7.77. The summed E-state index contributed by atoms with van der Waals surface area (Å²) in [7, 11) is 2.16. The number of aromatic nitrogens is 1. The molecule has 1 N–H and O–H groups in total. The van der Waals surface area contributed by atoms with Crippen molar-refractivity contribution in [3.05, 3.63) is 41.4 Å². The predicted octanol–water partition coefficient (Wildman–Crippen LogP) is 3.20. The average Bonchev–Trinajstić information content (AvgIpc) is 3.02. The summed E-state index contributed by atoms with van der Waals surface area (Å²) >= 11 is 1.48. The van der Waals surface area contributed by atoms with Crippen LogP contribution in [0.1, 0.15) is 25.5 Å². The van der Waals surface area contributed by atoms with Gasteiger partial charge in [0.1, 0.15) is 0 Å². The summed E-state index contributed by atoms with van der Waals surface area (Å²) in [4.78, 5) is 20.4. The molecule has 1 aliphatic heterocycles. The molecule has 1 aromatic heterocycles. The number of thiazole rings is 1. The molecule has 1 aromatic carbocycles. The Morgan fingerprint density at radius 3 is 2.96 bits per heavy atom. The molecule has 1 saturated heterocycles. The molecule has 3 rings (SSSR count). The Morgan fingerprint density at radius 1 is 1.42 bits per heavy atom. The maximum atomic E-state index is 11.1. The summed E-state index contributed by atoms with van der Waals surface area (Å²) < 4.78 is 0. The molecule has 0 aliphatic carbocycles. The number of rotatable bonds is 5. The van der Waals surface area contributed by atoms with Gasteiger partial charge in [0.25, 0.3) is 0 Å². The first kappa shape index (κ1) is 16.9. The number of anilines is 2. The smallest absolute Gasteiger partial charge is 0.223 e. The van der Waals surface area contributed by atoms with Crippen LogP contribution in [0, 0.1) is 0 Å². The van der Waals surface area contributed by atoms with Crippen LogP contribution in [0.25, 0.3) is 0 Å². The van der Waals surface area contributed by atoms with E-state index in [1.807, 2.05) is 5.38 Å². The Hall–Kier alpha value is -1.92. The number of amides is 1. The van der Waals surface area contributed by atoms with Crippen molar-refractivity contribution in [1.82, 2.24) is 9.88 Å². The van der Waals surface area contributed by atoms with Gasteiger partial charge in [0, 0.05) is 43.7 Å². The summed E-state index contributed by atoms with van der Waals surface area (Å²) in [5.41, 5.74) is 2.32. The van der Waals surface area contributed by atoms with Gasteiger partial charge in [-0.25, -0.2) is 4.98 Å². The molecule has 0 saturated carbocycles. The fourth-order valence-electron chi connectivity index (χ4n) is 3.16. The van der Waals surface area contributed by atoms with Crippen molar-refractivity contribution in [2.24, 2.45) is 0 Å². The SMILES string of the molecule is CC(=O)Nc1nc(CN(C)[C@@H]2CCCN(c3ccccc3)C2)cs1. The van der Waals surface area contributed by atoms with Gasteiger partial charge in [-0.15, -0.1) is 11.3 Å². The number of carbonyl (C=O) groups is 1. The Balaban J connectivity index is 1.59. The van der Waals surface area contributed by atoms with Crippen LogP contribution in [-0.4, -0.2) is 42.0 Å². The van der Waals surface area contributed by atoms with Crippen LogP contribution >= 0.6 is 11.3 Å². The van der Waals surface area contributed by atoms with Crippen molar-refractivity contribution in [2.75, 3.05) is 30.4 Å². The number of nitrogens with one attached hydrogen (secondary N) is 1. The minimum absolute atomic E-state index is 0.0740. The topological polar surface area (TPSA) is 48.5 Å². The lowest BCUT2D eigenvalue weighted by Gasteiger charge is -2.38. The van der Waals surface area contributed by atoms with E-state index in [1.54, 1.807) is 0 Å². The molecule has 2 heterocycles. The van der Waals surface area contributed by atoms with E-state index in [9.17, 15) is 4.79 Å². The number of piperidine rings is 1. The zero-order valence-corrected chi connectivity index (χ0v) is 15.1. The first-order chi connectivity index (χ1) is 11.6. The molecule has 2 aromatic rings. The number of benzene rings is 1. The Morgan fingerprint density at radius 2 is 2.21 bits per heavy atom. The van der Waals surface area contributed by atoms with Crippen LogP contribution in [0.5, 0.6) is 0 Å². The maximum Gasteiger partial charge on any atom is 0.223 e. The van der Waals surface area contributed by atoms with Gasteiger partial charge >= 0.3 is 0 Å². The second-order valence-corrected chi connectivity index (χ2v) is 7.18. The van der Waals surface area contributed by atoms with E-state index in [0.29, 0.717) is 11.2 Å². The maximum absolute atomic E-state index is 11.1. The molecule has 0 bridgehead atoms. The largest absolute Gasteiger partial charge is 0.370 e. The average molecular weight is 344 g/mol. The van der Waals surface area contributed by atoms with E-state index < -0.39 is 0 Å². The van der Waals surface area contributed by atoms with Crippen LogP contribution in [0.15, 0.2) is 35.7 Å². The Kier molecular flexibility index (Phi) is 5.48. The number of likely N-dealkylation sites (N-methyl/N-ethyl adjacent to an activating group) is 1. The number of nitrogens with zero attached hydrogens (tertiary/aromatic N) is 3. The second-order valence-electron chi connectivity index (χ2n) is 6.32. The van der Waals surface area contributed by atoms with Crippen LogP contribution in [0.3, 0.4) is 0 Å². The highest BCUT2D eigenvalue weighted by Gasteiger charge is 2.23. The third-order valence-electron chi connectivity index (χ3n) is 4.39. The fourth-order valence-corrected chi connectivity index (χ4v) is 3.91.